The van der Waals surface area contributed by atoms with Gasteiger partial charge in [0.05, 0.1) is 0 Å². The minimum absolute atomic E-state index is 0.00886. The summed E-state index contributed by atoms with van der Waals surface area (Å²) in [6, 6.07) is 7.94. The normalized spacial score (nSPS) is 17.6. The number of hydrogen-bond acceptors (Lipinski definition) is 5. The second-order valence-electron chi connectivity index (χ2n) is 7.97. The predicted molar refractivity (Wildman–Crippen MR) is 104 cm³/mol. The SMILES string of the molecule is Cc1ccc(N2CC(c3nnc(NC(=O)CC(C)(C)C)s3)CC2=O)cc1. The molecule has 0 bridgehead atoms. The van der Waals surface area contributed by atoms with E-state index in [0.717, 1.165) is 16.3 Å². The molecule has 1 fully saturated rings. The molecule has 1 aromatic heterocycles. The Kier molecular flexibility index (Phi) is 5.09. The first-order valence-corrected chi connectivity index (χ1v) is 9.53. The van der Waals surface area contributed by atoms with Crippen LogP contribution in [0.4, 0.5) is 10.8 Å². The van der Waals surface area contributed by atoms with Crippen molar-refractivity contribution >= 4 is 34.0 Å². The molecule has 1 aliphatic rings. The molecule has 2 aromatic rings. The number of carbonyl (C=O) groups is 2. The van der Waals surface area contributed by atoms with Gasteiger partial charge in [0.2, 0.25) is 16.9 Å². The van der Waals surface area contributed by atoms with E-state index in [2.05, 4.69) is 15.5 Å². The zero-order valence-corrected chi connectivity index (χ0v) is 16.4. The van der Waals surface area contributed by atoms with Crippen molar-refractivity contribution in [2.45, 2.75) is 46.5 Å². The fourth-order valence-corrected chi connectivity index (χ4v) is 3.79. The molecule has 1 N–H and O–H groups in total. The van der Waals surface area contributed by atoms with Gasteiger partial charge in [-0.2, -0.15) is 0 Å². The molecule has 1 atom stereocenters. The summed E-state index contributed by atoms with van der Waals surface area (Å²) in [6.07, 6.45) is 0.837. The second-order valence-corrected chi connectivity index (χ2v) is 8.98. The number of nitrogens with one attached hydrogen (secondary N) is 1. The third kappa shape index (κ3) is 4.46. The summed E-state index contributed by atoms with van der Waals surface area (Å²) in [5, 5.41) is 12.4. The van der Waals surface area contributed by atoms with E-state index in [1.807, 2.05) is 52.0 Å². The van der Waals surface area contributed by atoms with Crippen LogP contribution >= 0.6 is 11.3 Å². The van der Waals surface area contributed by atoms with Crippen LogP contribution in [0.25, 0.3) is 0 Å². The zero-order chi connectivity index (χ0) is 18.9. The Balaban J connectivity index is 1.65. The molecule has 1 aliphatic heterocycles. The third-order valence-corrected chi connectivity index (χ3v) is 5.20. The van der Waals surface area contributed by atoms with Gasteiger partial charge >= 0.3 is 0 Å². The molecule has 1 saturated heterocycles. The molecule has 7 heteroatoms. The van der Waals surface area contributed by atoms with Crippen LogP contribution in [0.1, 0.15) is 50.1 Å². The van der Waals surface area contributed by atoms with Crippen molar-refractivity contribution < 1.29 is 9.59 Å². The van der Waals surface area contributed by atoms with E-state index in [9.17, 15) is 9.59 Å². The molecule has 138 valence electrons. The fraction of sp³-hybridized carbons (Fsp3) is 0.474. The van der Waals surface area contributed by atoms with Crippen LogP contribution in [0.3, 0.4) is 0 Å². The van der Waals surface area contributed by atoms with Crippen LogP contribution in [0.2, 0.25) is 0 Å². The molecule has 6 nitrogen and oxygen atoms in total. The Morgan fingerprint density at radius 1 is 1.27 bits per heavy atom. The number of amides is 2. The molecule has 0 aliphatic carbocycles. The monoisotopic (exact) mass is 372 g/mol. The molecule has 0 radical (unpaired) electrons. The third-order valence-electron chi connectivity index (χ3n) is 4.20. The van der Waals surface area contributed by atoms with Crippen molar-refractivity contribution in [3.05, 3.63) is 34.8 Å². The van der Waals surface area contributed by atoms with Crippen LogP contribution in [0.15, 0.2) is 24.3 Å². The summed E-state index contributed by atoms with van der Waals surface area (Å²) in [5.41, 5.74) is 1.99. The highest BCUT2D eigenvalue weighted by molar-refractivity contribution is 7.15. The van der Waals surface area contributed by atoms with Crippen LogP contribution < -0.4 is 10.2 Å². The average molecular weight is 372 g/mol. The van der Waals surface area contributed by atoms with Gasteiger partial charge in [0.25, 0.3) is 0 Å². The molecule has 0 spiro atoms. The molecule has 1 unspecified atom stereocenters. The fourth-order valence-electron chi connectivity index (χ4n) is 2.94. The van der Waals surface area contributed by atoms with Gasteiger partial charge in [0, 0.05) is 31.0 Å². The maximum absolute atomic E-state index is 12.4. The van der Waals surface area contributed by atoms with Crippen LogP contribution in [-0.4, -0.2) is 28.6 Å². The molecule has 26 heavy (non-hydrogen) atoms. The van der Waals surface area contributed by atoms with Gasteiger partial charge in [-0.15, -0.1) is 10.2 Å². The van der Waals surface area contributed by atoms with Gasteiger partial charge in [-0.25, -0.2) is 0 Å². The number of anilines is 2. The lowest BCUT2D eigenvalue weighted by Crippen LogP contribution is -2.24. The average Bonchev–Trinajstić information content (AvgIpc) is 3.13. The molecule has 0 saturated carbocycles. The minimum Gasteiger partial charge on any atom is -0.312 e. The van der Waals surface area contributed by atoms with E-state index in [1.54, 1.807) is 4.90 Å². The molecular weight excluding hydrogens is 348 g/mol. The van der Waals surface area contributed by atoms with Crippen molar-refractivity contribution in [2.75, 3.05) is 16.8 Å². The summed E-state index contributed by atoms with van der Waals surface area (Å²) in [5.74, 6) is 0.0333. The van der Waals surface area contributed by atoms with E-state index in [1.165, 1.54) is 11.3 Å². The molecule has 1 aromatic carbocycles. The van der Waals surface area contributed by atoms with Gasteiger partial charge in [0.1, 0.15) is 5.01 Å². The maximum atomic E-state index is 12.4. The Morgan fingerprint density at radius 2 is 1.96 bits per heavy atom. The lowest BCUT2D eigenvalue weighted by atomic mass is 9.92. The number of carbonyl (C=O) groups excluding carboxylic acids is 2. The van der Waals surface area contributed by atoms with Crippen LogP contribution in [-0.2, 0) is 9.59 Å². The van der Waals surface area contributed by atoms with Gasteiger partial charge in [-0.1, -0.05) is 49.8 Å². The van der Waals surface area contributed by atoms with Gasteiger partial charge in [-0.3, -0.25) is 9.59 Å². The highest BCUT2D eigenvalue weighted by atomic mass is 32.1. The number of benzene rings is 1. The number of hydrogen-bond donors (Lipinski definition) is 1. The summed E-state index contributed by atoms with van der Waals surface area (Å²) in [7, 11) is 0. The zero-order valence-electron chi connectivity index (χ0n) is 15.6. The van der Waals surface area contributed by atoms with Crippen molar-refractivity contribution in [3.63, 3.8) is 0 Å². The van der Waals surface area contributed by atoms with E-state index in [0.29, 0.717) is 24.5 Å². The molecular formula is C19H24N4O2S. The van der Waals surface area contributed by atoms with Crippen molar-refractivity contribution in [1.82, 2.24) is 10.2 Å². The Bertz CT molecular complexity index is 808. The first-order valence-electron chi connectivity index (χ1n) is 8.71. The van der Waals surface area contributed by atoms with Crippen molar-refractivity contribution in [3.8, 4) is 0 Å². The van der Waals surface area contributed by atoms with E-state index < -0.39 is 0 Å². The number of rotatable bonds is 4. The largest absolute Gasteiger partial charge is 0.312 e. The highest BCUT2D eigenvalue weighted by Gasteiger charge is 2.34. The van der Waals surface area contributed by atoms with Crippen molar-refractivity contribution in [2.24, 2.45) is 5.41 Å². The summed E-state index contributed by atoms with van der Waals surface area (Å²) in [6.45, 7) is 8.66. The predicted octanol–water partition coefficient (Wildman–Crippen LogP) is 3.74. The van der Waals surface area contributed by atoms with Crippen LogP contribution in [0, 0.1) is 12.3 Å². The Labute approximate surface area is 157 Å². The first-order chi connectivity index (χ1) is 12.2. The number of aryl methyl sites for hydroxylation is 1. The summed E-state index contributed by atoms with van der Waals surface area (Å²) < 4.78 is 0. The number of aromatic nitrogens is 2. The Morgan fingerprint density at radius 3 is 2.62 bits per heavy atom. The minimum atomic E-state index is -0.0794. The summed E-state index contributed by atoms with van der Waals surface area (Å²) >= 11 is 1.35. The summed E-state index contributed by atoms with van der Waals surface area (Å²) in [4.78, 5) is 26.2. The lowest BCUT2D eigenvalue weighted by Gasteiger charge is -2.16. The second kappa shape index (κ2) is 7.15. The van der Waals surface area contributed by atoms with E-state index >= 15 is 0 Å². The maximum Gasteiger partial charge on any atom is 0.227 e. The van der Waals surface area contributed by atoms with E-state index in [4.69, 9.17) is 0 Å². The first kappa shape index (κ1) is 18.5. The van der Waals surface area contributed by atoms with Crippen molar-refractivity contribution in [1.29, 1.82) is 0 Å². The molecule has 2 heterocycles. The van der Waals surface area contributed by atoms with Crippen LogP contribution in [0.5, 0.6) is 0 Å². The number of nitrogens with zero attached hydrogens (tertiary/aromatic N) is 3. The van der Waals surface area contributed by atoms with Gasteiger partial charge in [0.15, 0.2) is 0 Å². The molecule has 2 amide bonds. The van der Waals surface area contributed by atoms with Gasteiger partial charge < -0.3 is 10.2 Å². The Hall–Kier alpha value is -2.28. The molecule has 3 rings (SSSR count). The van der Waals surface area contributed by atoms with Gasteiger partial charge in [-0.05, 0) is 24.5 Å². The topological polar surface area (TPSA) is 75.2 Å². The lowest BCUT2D eigenvalue weighted by molar-refractivity contribution is -0.118. The highest BCUT2D eigenvalue weighted by Crippen LogP contribution is 2.34. The quantitative estimate of drug-likeness (QED) is 0.887. The van der Waals surface area contributed by atoms with E-state index in [-0.39, 0.29) is 23.1 Å². The standard InChI is InChI=1S/C19H24N4O2S/c1-12-5-7-14(8-6-12)23-11-13(9-16(23)25)17-21-22-18(26-17)20-15(24)10-19(2,3)4/h5-8,13H,9-11H2,1-4H3,(H,20,22,24). The smallest absolute Gasteiger partial charge is 0.227 e.